The molecule has 2 rings (SSSR count). The van der Waals surface area contributed by atoms with Crippen LogP contribution in [0.1, 0.15) is 45.4 Å². The Morgan fingerprint density at radius 3 is 2.47 bits per heavy atom. The summed E-state index contributed by atoms with van der Waals surface area (Å²) in [6, 6.07) is 0. The van der Waals surface area contributed by atoms with E-state index < -0.39 is 11.2 Å². The van der Waals surface area contributed by atoms with E-state index in [1.165, 1.54) is 0 Å². The summed E-state index contributed by atoms with van der Waals surface area (Å²) in [5, 5.41) is 10.3. The van der Waals surface area contributed by atoms with Gasteiger partial charge in [-0.15, -0.1) is 0 Å². The van der Waals surface area contributed by atoms with Gasteiger partial charge in [0.25, 0.3) is 5.91 Å². The second-order valence-corrected chi connectivity index (χ2v) is 5.78. The highest BCUT2D eigenvalue weighted by Gasteiger charge is 2.42. The van der Waals surface area contributed by atoms with Crippen LogP contribution in [0, 0.1) is 0 Å². The number of aliphatic hydroxyl groups is 1. The quantitative estimate of drug-likeness (QED) is 0.810. The molecule has 1 aliphatic carbocycles. The van der Waals surface area contributed by atoms with Gasteiger partial charge in [0.05, 0.1) is 5.60 Å². The Morgan fingerprint density at radius 2 is 1.94 bits per heavy atom. The zero-order valence-corrected chi connectivity index (χ0v) is 10.9. The second kappa shape index (κ2) is 4.58. The highest BCUT2D eigenvalue weighted by Crippen LogP contribution is 2.32. The molecule has 1 atom stereocenters. The first-order chi connectivity index (χ1) is 7.95. The van der Waals surface area contributed by atoms with Crippen molar-refractivity contribution in [2.75, 3.05) is 20.2 Å². The molecule has 17 heavy (non-hydrogen) atoms. The number of amides is 1. The molecule has 1 N–H and O–H groups in total. The number of carbonyl (C=O) groups excluding carboxylic acids is 1. The molecule has 2 aliphatic rings. The number of hydrogen-bond donors (Lipinski definition) is 1. The predicted molar refractivity (Wildman–Crippen MR) is 64.6 cm³/mol. The minimum atomic E-state index is -0.667. The molecule has 1 unspecified atom stereocenters. The van der Waals surface area contributed by atoms with Crippen LogP contribution in [0.5, 0.6) is 0 Å². The van der Waals surface area contributed by atoms with Gasteiger partial charge in [-0.05, 0) is 32.6 Å². The SMILES string of the molecule is CN(CC1(O)CCCC1)C(=O)C1(C)CCCO1. The Kier molecular flexibility index (Phi) is 3.46. The van der Waals surface area contributed by atoms with Crippen LogP contribution in [-0.2, 0) is 9.53 Å². The second-order valence-electron chi connectivity index (χ2n) is 5.78. The third-order valence-electron chi connectivity index (χ3n) is 4.08. The Morgan fingerprint density at radius 1 is 1.29 bits per heavy atom. The van der Waals surface area contributed by atoms with Gasteiger partial charge < -0.3 is 14.7 Å². The van der Waals surface area contributed by atoms with Crippen LogP contribution in [0.25, 0.3) is 0 Å². The van der Waals surface area contributed by atoms with E-state index in [1.807, 2.05) is 6.92 Å². The van der Waals surface area contributed by atoms with E-state index in [4.69, 9.17) is 4.74 Å². The fourth-order valence-corrected chi connectivity index (χ4v) is 3.06. The lowest BCUT2D eigenvalue weighted by molar-refractivity contribution is -0.152. The Hall–Kier alpha value is -0.610. The van der Waals surface area contributed by atoms with Crippen molar-refractivity contribution >= 4 is 5.91 Å². The number of likely N-dealkylation sites (N-methyl/N-ethyl adjacent to an activating group) is 1. The first-order valence-corrected chi connectivity index (χ1v) is 6.57. The minimum Gasteiger partial charge on any atom is -0.388 e. The molecule has 1 amide bonds. The zero-order valence-electron chi connectivity index (χ0n) is 10.9. The highest BCUT2D eigenvalue weighted by molar-refractivity contribution is 5.85. The summed E-state index contributed by atoms with van der Waals surface area (Å²) in [4.78, 5) is 13.9. The summed E-state index contributed by atoms with van der Waals surface area (Å²) in [6.45, 7) is 2.96. The fourth-order valence-electron chi connectivity index (χ4n) is 3.06. The topological polar surface area (TPSA) is 49.8 Å². The summed E-state index contributed by atoms with van der Waals surface area (Å²) in [5.41, 5.74) is -1.33. The van der Waals surface area contributed by atoms with Crippen molar-refractivity contribution in [2.45, 2.75) is 56.7 Å². The standard InChI is InChI=1S/C13H23NO3/c1-12(6-5-9-17-12)11(15)14(2)10-13(16)7-3-4-8-13/h16H,3-10H2,1-2H3. The van der Waals surface area contributed by atoms with Crippen molar-refractivity contribution in [3.63, 3.8) is 0 Å². The molecule has 1 heterocycles. The van der Waals surface area contributed by atoms with Crippen LogP contribution in [-0.4, -0.2) is 47.3 Å². The van der Waals surface area contributed by atoms with Crippen molar-refractivity contribution in [3.05, 3.63) is 0 Å². The summed E-state index contributed by atoms with van der Waals surface area (Å²) >= 11 is 0. The van der Waals surface area contributed by atoms with Crippen LogP contribution in [0.3, 0.4) is 0 Å². The first-order valence-electron chi connectivity index (χ1n) is 6.57. The highest BCUT2D eigenvalue weighted by atomic mass is 16.5. The lowest BCUT2D eigenvalue weighted by Gasteiger charge is -2.33. The normalized spacial score (nSPS) is 31.7. The lowest BCUT2D eigenvalue weighted by atomic mass is 9.98. The average molecular weight is 241 g/mol. The predicted octanol–water partition coefficient (Wildman–Crippen LogP) is 1.32. The molecule has 2 fully saturated rings. The van der Waals surface area contributed by atoms with E-state index in [-0.39, 0.29) is 5.91 Å². The van der Waals surface area contributed by atoms with E-state index in [2.05, 4.69) is 0 Å². The van der Waals surface area contributed by atoms with E-state index in [0.29, 0.717) is 13.2 Å². The molecule has 0 bridgehead atoms. The smallest absolute Gasteiger partial charge is 0.254 e. The molecule has 0 aromatic heterocycles. The maximum absolute atomic E-state index is 12.3. The Labute approximate surface area is 103 Å². The van der Waals surface area contributed by atoms with Gasteiger partial charge in [-0.25, -0.2) is 0 Å². The molecule has 0 aromatic rings. The molecular formula is C13H23NO3. The molecule has 98 valence electrons. The number of ether oxygens (including phenoxy) is 1. The van der Waals surface area contributed by atoms with Crippen molar-refractivity contribution in [3.8, 4) is 0 Å². The summed E-state index contributed by atoms with van der Waals surface area (Å²) in [7, 11) is 1.77. The molecule has 4 nitrogen and oxygen atoms in total. The lowest BCUT2D eigenvalue weighted by Crippen LogP contribution is -2.50. The maximum atomic E-state index is 12.3. The largest absolute Gasteiger partial charge is 0.388 e. The number of hydrogen-bond acceptors (Lipinski definition) is 3. The molecule has 0 aromatic carbocycles. The summed E-state index contributed by atoms with van der Waals surface area (Å²) in [5.74, 6) is 0.00956. The van der Waals surface area contributed by atoms with Gasteiger partial charge in [-0.3, -0.25) is 4.79 Å². The van der Waals surface area contributed by atoms with Gasteiger partial charge >= 0.3 is 0 Å². The van der Waals surface area contributed by atoms with Gasteiger partial charge in [0, 0.05) is 20.2 Å². The van der Waals surface area contributed by atoms with Gasteiger partial charge in [-0.1, -0.05) is 12.8 Å². The van der Waals surface area contributed by atoms with Gasteiger partial charge in [0.2, 0.25) is 0 Å². The van der Waals surface area contributed by atoms with Crippen LogP contribution < -0.4 is 0 Å². The maximum Gasteiger partial charge on any atom is 0.254 e. The van der Waals surface area contributed by atoms with E-state index in [9.17, 15) is 9.90 Å². The van der Waals surface area contributed by atoms with E-state index in [1.54, 1.807) is 11.9 Å². The van der Waals surface area contributed by atoms with Crippen molar-refractivity contribution in [1.82, 2.24) is 4.90 Å². The van der Waals surface area contributed by atoms with Gasteiger partial charge in [0.1, 0.15) is 5.60 Å². The molecular weight excluding hydrogens is 218 g/mol. The van der Waals surface area contributed by atoms with Crippen molar-refractivity contribution in [1.29, 1.82) is 0 Å². The molecule has 0 radical (unpaired) electrons. The summed E-state index contributed by atoms with van der Waals surface area (Å²) in [6.07, 6.45) is 5.47. The molecule has 1 saturated heterocycles. The number of nitrogens with zero attached hydrogens (tertiary/aromatic N) is 1. The monoisotopic (exact) mass is 241 g/mol. The Bertz CT molecular complexity index is 291. The first kappa shape index (κ1) is 12.8. The van der Waals surface area contributed by atoms with Crippen LogP contribution in [0.4, 0.5) is 0 Å². The number of rotatable bonds is 3. The zero-order chi connectivity index (χ0) is 12.5. The van der Waals surface area contributed by atoms with Crippen LogP contribution >= 0.6 is 0 Å². The van der Waals surface area contributed by atoms with E-state index in [0.717, 1.165) is 38.5 Å². The Balaban J connectivity index is 1.95. The number of carbonyl (C=O) groups is 1. The van der Waals surface area contributed by atoms with Crippen molar-refractivity contribution in [2.24, 2.45) is 0 Å². The molecule has 0 spiro atoms. The average Bonchev–Trinajstić information content (AvgIpc) is 2.87. The summed E-state index contributed by atoms with van der Waals surface area (Å²) < 4.78 is 5.55. The van der Waals surface area contributed by atoms with E-state index >= 15 is 0 Å². The minimum absolute atomic E-state index is 0.00956. The third-order valence-corrected chi connectivity index (χ3v) is 4.08. The van der Waals surface area contributed by atoms with Gasteiger partial charge in [-0.2, -0.15) is 0 Å². The molecule has 4 heteroatoms. The van der Waals surface area contributed by atoms with Crippen LogP contribution in [0.2, 0.25) is 0 Å². The molecule has 1 saturated carbocycles. The molecule has 1 aliphatic heterocycles. The third kappa shape index (κ3) is 2.63. The van der Waals surface area contributed by atoms with Crippen LogP contribution in [0.15, 0.2) is 0 Å². The van der Waals surface area contributed by atoms with Gasteiger partial charge in [0.15, 0.2) is 0 Å². The fraction of sp³-hybridized carbons (Fsp3) is 0.923. The van der Waals surface area contributed by atoms with Crippen molar-refractivity contribution < 1.29 is 14.6 Å².